The van der Waals surface area contributed by atoms with Gasteiger partial charge in [0.15, 0.2) is 0 Å². The molecule has 1 heterocycles. The predicted octanol–water partition coefficient (Wildman–Crippen LogP) is 2.50. The summed E-state index contributed by atoms with van der Waals surface area (Å²) in [4.78, 5) is 15.0. The third kappa shape index (κ3) is 3.52. The van der Waals surface area contributed by atoms with Gasteiger partial charge in [-0.1, -0.05) is 31.5 Å². The largest absolute Gasteiger partial charge is 0.391 e. The molecule has 5 heteroatoms. The van der Waals surface area contributed by atoms with Gasteiger partial charge < -0.3 is 15.4 Å². The minimum absolute atomic E-state index is 0.0967. The van der Waals surface area contributed by atoms with Gasteiger partial charge in [-0.05, 0) is 23.6 Å². The normalized spacial score (nSPS) is 12.8. The number of rotatable bonds is 5. The van der Waals surface area contributed by atoms with Gasteiger partial charge in [-0.2, -0.15) is 0 Å². The number of hydrogen-bond donors (Lipinski definition) is 3. The summed E-state index contributed by atoms with van der Waals surface area (Å²) < 4.78 is 0. The number of amides is 1. The van der Waals surface area contributed by atoms with Crippen LogP contribution in [0, 0.1) is 5.92 Å². The zero-order valence-corrected chi connectivity index (χ0v) is 12.4. The van der Waals surface area contributed by atoms with Crippen molar-refractivity contribution >= 4 is 28.4 Å². The van der Waals surface area contributed by atoms with E-state index in [1.54, 1.807) is 0 Å². The number of aliphatic hydroxyl groups is 1. The van der Waals surface area contributed by atoms with Crippen molar-refractivity contribution in [2.45, 2.75) is 26.4 Å². The molecule has 2 aromatic rings. The van der Waals surface area contributed by atoms with Crippen molar-refractivity contribution in [3.05, 3.63) is 35.0 Å². The molecule has 3 N–H and O–H groups in total. The molecule has 4 nitrogen and oxygen atoms in total. The van der Waals surface area contributed by atoms with E-state index >= 15 is 0 Å². The number of hydrogen-bond acceptors (Lipinski definition) is 2. The van der Waals surface area contributed by atoms with Crippen LogP contribution in [0.4, 0.5) is 0 Å². The number of fused-ring (bicyclic) bond motifs is 1. The van der Waals surface area contributed by atoms with E-state index in [0.717, 1.165) is 16.5 Å². The Morgan fingerprint density at radius 1 is 1.45 bits per heavy atom. The van der Waals surface area contributed by atoms with Crippen molar-refractivity contribution in [3.8, 4) is 0 Å². The number of aromatic nitrogens is 1. The molecule has 0 aliphatic heterocycles. The molecule has 0 aliphatic carbocycles. The lowest BCUT2D eigenvalue weighted by molar-refractivity contribution is -0.121. The van der Waals surface area contributed by atoms with Crippen LogP contribution in [0.2, 0.25) is 5.02 Å². The second-order valence-electron chi connectivity index (χ2n) is 5.30. The van der Waals surface area contributed by atoms with Crippen LogP contribution in [-0.2, 0) is 11.2 Å². The highest BCUT2D eigenvalue weighted by Crippen LogP contribution is 2.22. The summed E-state index contributed by atoms with van der Waals surface area (Å²) in [5.74, 6) is 0.0334. The van der Waals surface area contributed by atoms with Crippen LogP contribution >= 0.6 is 11.6 Å². The number of benzene rings is 1. The Hall–Kier alpha value is -1.52. The van der Waals surface area contributed by atoms with E-state index in [1.165, 1.54) is 0 Å². The highest BCUT2D eigenvalue weighted by Gasteiger charge is 2.12. The van der Waals surface area contributed by atoms with E-state index in [4.69, 9.17) is 11.6 Å². The highest BCUT2D eigenvalue weighted by atomic mass is 35.5. The lowest BCUT2D eigenvalue weighted by atomic mass is 10.1. The third-order valence-corrected chi connectivity index (χ3v) is 3.59. The van der Waals surface area contributed by atoms with Crippen LogP contribution in [0.25, 0.3) is 10.9 Å². The van der Waals surface area contributed by atoms with E-state index in [-0.39, 0.29) is 24.8 Å². The van der Waals surface area contributed by atoms with Crippen LogP contribution in [0.5, 0.6) is 0 Å². The summed E-state index contributed by atoms with van der Waals surface area (Å²) in [5, 5.41) is 14.1. The van der Waals surface area contributed by atoms with Gasteiger partial charge in [-0.25, -0.2) is 0 Å². The molecule has 20 heavy (non-hydrogen) atoms. The van der Waals surface area contributed by atoms with Crippen LogP contribution < -0.4 is 5.32 Å². The Kier molecular flexibility index (Phi) is 4.68. The fourth-order valence-electron chi connectivity index (χ4n) is 1.99. The SMILES string of the molecule is CC(C)C(O)CNC(=O)Cc1c[nH]c2cc(Cl)ccc12. The Morgan fingerprint density at radius 2 is 2.20 bits per heavy atom. The van der Waals surface area contributed by atoms with E-state index in [0.29, 0.717) is 5.02 Å². The number of aromatic amines is 1. The average Bonchev–Trinajstić information content (AvgIpc) is 2.78. The number of aliphatic hydroxyl groups excluding tert-OH is 1. The van der Waals surface area contributed by atoms with Crippen molar-refractivity contribution in [3.63, 3.8) is 0 Å². The molecule has 0 radical (unpaired) electrons. The monoisotopic (exact) mass is 294 g/mol. The summed E-state index contributed by atoms with van der Waals surface area (Å²) in [6.07, 6.45) is 1.59. The first-order valence-corrected chi connectivity index (χ1v) is 7.05. The Morgan fingerprint density at radius 3 is 2.90 bits per heavy atom. The first-order valence-electron chi connectivity index (χ1n) is 6.67. The average molecular weight is 295 g/mol. The lowest BCUT2D eigenvalue weighted by Gasteiger charge is -2.14. The van der Waals surface area contributed by atoms with Crippen molar-refractivity contribution in [2.24, 2.45) is 5.92 Å². The quantitative estimate of drug-likeness (QED) is 0.793. The second-order valence-corrected chi connectivity index (χ2v) is 5.73. The van der Waals surface area contributed by atoms with Crippen LogP contribution in [0.3, 0.4) is 0 Å². The molecule has 108 valence electrons. The molecule has 1 amide bonds. The Labute approximate surface area is 123 Å². The van der Waals surface area contributed by atoms with Crippen molar-refractivity contribution in [2.75, 3.05) is 6.54 Å². The van der Waals surface area contributed by atoms with E-state index in [2.05, 4.69) is 10.3 Å². The topological polar surface area (TPSA) is 65.1 Å². The van der Waals surface area contributed by atoms with Gasteiger partial charge in [-0.15, -0.1) is 0 Å². The summed E-state index contributed by atoms with van der Waals surface area (Å²) in [7, 11) is 0. The maximum absolute atomic E-state index is 11.9. The van der Waals surface area contributed by atoms with Gasteiger partial charge in [0, 0.05) is 28.7 Å². The first kappa shape index (κ1) is 14.9. The maximum Gasteiger partial charge on any atom is 0.224 e. The van der Waals surface area contributed by atoms with Crippen molar-refractivity contribution in [1.82, 2.24) is 10.3 Å². The summed E-state index contributed by atoms with van der Waals surface area (Å²) in [6.45, 7) is 4.12. The van der Waals surface area contributed by atoms with Crippen molar-refractivity contribution in [1.29, 1.82) is 0 Å². The molecule has 0 saturated heterocycles. The number of carbonyl (C=O) groups is 1. The second kappa shape index (κ2) is 6.29. The number of halogens is 1. The molecule has 1 unspecified atom stereocenters. The fourth-order valence-corrected chi connectivity index (χ4v) is 2.17. The third-order valence-electron chi connectivity index (χ3n) is 3.36. The molecule has 0 aliphatic rings. The zero-order chi connectivity index (χ0) is 14.7. The van der Waals surface area contributed by atoms with Crippen molar-refractivity contribution < 1.29 is 9.90 Å². The van der Waals surface area contributed by atoms with E-state index < -0.39 is 6.10 Å². The Balaban J connectivity index is 2.00. The number of carbonyl (C=O) groups excluding carboxylic acids is 1. The molecule has 0 spiro atoms. The van der Waals surface area contributed by atoms with Gasteiger partial charge in [0.2, 0.25) is 5.91 Å². The predicted molar refractivity (Wildman–Crippen MR) is 80.9 cm³/mol. The van der Waals surface area contributed by atoms with Gasteiger partial charge >= 0.3 is 0 Å². The number of H-pyrrole nitrogens is 1. The molecule has 1 aromatic heterocycles. The minimum atomic E-state index is -0.513. The minimum Gasteiger partial charge on any atom is -0.391 e. The smallest absolute Gasteiger partial charge is 0.224 e. The molecule has 0 bridgehead atoms. The number of nitrogens with one attached hydrogen (secondary N) is 2. The summed E-state index contributed by atoms with van der Waals surface area (Å²) in [5.41, 5.74) is 1.84. The molecular formula is C15H19ClN2O2. The molecule has 1 aromatic carbocycles. The van der Waals surface area contributed by atoms with E-state index in [9.17, 15) is 9.90 Å². The Bertz CT molecular complexity index is 607. The van der Waals surface area contributed by atoms with Gasteiger partial charge in [0.25, 0.3) is 0 Å². The van der Waals surface area contributed by atoms with E-state index in [1.807, 2.05) is 38.2 Å². The fraction of sp³-hybridized carbons (Fsp3) is 0.400. The van der Waals surface area contributed by atoms with Gasteiger partial charge in [0.1, 0.15) is 0 Å². The first-order chi connectivity index (χ1) is 9.47. The lowest BCUT2D eigenvalue weighted by Crippen LogP contribution is -2.35. The summed E-state index contributed by atoms with van der Waals surface area (Å²) in [6, 6.07) is 5.54. The molecule has 0 saturated carbocycles. The van der Waals surface area contributed by atoms with Crippen LogP contribution in [0.15, 0.2) is 24.4 Å². The molecule has 2 rings (SSSR count). The maximum atomic E-state index is 11.9. The zero-order valence-electron chi connectivity index (χ0n) is 11.6. The summed E-state index contributed by atoms with van der Waals surface area (Å²) >= 11 is 5.92. The molecule has 1 atom stereocenters. The van der Waals surface area contributed by atoms with Crippen LogP contribution in [0.1, 0.15) is 19.4 Å². The molecule has 0 fully saturated rings. The van der Waals surface area contributed by atoms with Gasteiger partial charge in [-0.3, -0.25) is 4.79 Å². The van der Waals surface area contributed by atoms with Gasteiger partial charge in [0.05, 0.1) is 12.5 Å². The van der Waals surface area contributed by atoms with Crippen LogP contribution in [-0.4, -0.2) is 28.6 Å². The highest BCUT2D eigenvalue weighted by molar-refractivity contribution is 6.31. The standard InChI is InChI=1S/C15H19ClN2O2/c1-9(2)14(19)8-18-15(20)5-10-7-17-13-6-11(16)3-4-12(10)13/h3-4,6-7,9,14,17,19H,5,8H2,1-2H3,(H,18,20). The molecular weight excluding hydrogens is 276 g/mol.